The standard InChI is InChI=1S/C16H15NO3/c1-3-12-4-6-13(7-5-12)11-20-15-9-8-14(10-17-15)16(18)19-2/h3-10H,1,11H2,2H3. The van der Waals surface area contributed by atoms with Crippen molar-refractivity contribution in [2.45, 2.75) is 6.61 Å². The van der Waals surface area contributed by atoms with Crippen LogP contribution in [0.3, 0.4) is 0 Å². The molecule has 0 N–H and O–H groups in total. The van der Waals surface area contributed by atoms with E-state index in [0.717, 1.165) is 11.1 Å². The third-order valence-corrected chi connectivity index (χ3v) is 2.76. The molecule has 1 heterocycles. The van der Waals surface area contributed by atoms with Gasteiger partial charge < -0.3 is 9.47 Å². The highest BCUT2D eigenvalue weighted by Crippen LogP contribution is 2.12. The summed E-state index contributed by atoms with van der Waals surface area (Å²) in [6.07, 6.45) is 3.22. The van der Waals surface area contributed by atoms with Crippen molar-refractivity contribution in [1.82, 2.24) is 4.98 Å². The molecule has 0 unspecified atom stereocenters. The number of carbonyl (C=O) groups excluding carboxylic acids is 1. The third-order valence-electron chi connectivity index (χ3n) is 2.76. The van der Waals surface area contributed by atoms with Gasteiger partial charge in [0.05, 0.1) is 12.7 Å². The lowest BCUT2D eigenvalue weighted by Crippen LogP contribution is -2.03. The van der Waals surface area contributed by atoms with Gasteiger partial charge in [0.1, 0.15) is 6.61 Å². The molecule has 102 valence electrons. The fraction of sp³-hybridized carbons (Fsp3) is 0.125. The molecule has 0 amide bonds. The summed E-state index contributed by atoms with van der Waals surface area (Å²) in [5.74, 6) is 0.0505. The Morgan fingerprint density at radius 1 is 1.25 bits per heavy atom. The molecule has 0 saturated carbocycles. The summed E-state index contributed by atoms with van der Waals surface area (Å²) in [4.78, 5) is 15.3. The van der Waals surface area contributed by atoms with Gasteiger partial charge in [0.15, 0.2) is 0 Å². The Bertz CT molecular complexity index is 588. The first kappa shape index (κ1) is 13.8. The predicted octanol–water partition coefficient (Wildman–Crippen LogP) is 3.09. The fourth-order valence-corrected chi connectivity index (χ4v) is 1.61. The van der Waals surface area contributed by atoms with Crippen molar-refractivity contribution >= 4 is 12.0 Å². The molecule has 20 heavy (non-hydrogen) atoms. The maximum atomic E-state index is 11.3. The van der Waals surface area contributed by atoms with Crippen molar-refractivity contribution in [3.8, 4) is 5.88 Å². The first-order valence-electron chi connectivity index (χ1n) is 6.11. The van der Waals surface area contributed by atoms with E-state index in [1.807, 2.05) is 24.3 Å². The van der Waals surface area contributed by atoms with Crippen LogP contribution in [0.15, 0.2) is 49.2 Å². The minimum Gasteiger partial charge on any atom is -0.473 e. The van der Waals surface area contributed by atoms with E-state index >= 15 is 0 Å². The van der Waals surface area contributed by atoms with Crippen LogP contribution < -0.4 is 4.74 Å². The highest BCUT2D eigenvalue weighted by Gasteiger charge is 2.05. The molecule has 1 aromatic heterocycles. The van der Waals surface area contributed by atoms with Crippen molar-refractivity contribution in [2.75, 3.05) is 7.11 Å². The number of carbonyl (C=O) groups is 1. The van der Waals surface area contributed by atoms with Gasteiger partial charge >= 0.3 is 5.97 Å². The lowest BCUT2D eigenvalue weighted by molar-refractivity contribution is 0.0600. The second-order valence-electron chi connectivity index (χ2n) is 4.11. The normalized spacial score (nSPS) is 9.85. The summed E-state index contributed by atoms with van der Waals surface area (Å²) in [7, 11) is 1.33. The van der Waals surface area contributed by atoms with Gasteiger partial charge in [-0.3, -0.25) is 0 Å². The molecule has 4 heteroatoms. The van der Waals surface area contributed by atoms with E-state index in [4.69, 9.17) is 4.74 Å². The Morgan fingerprint density at radius 2 is 2.00 bits per heavy atom. The molecular formula is C16H15NO3. The van der Waals surface area contributed by atoms with Gasteiger partial charge in [0.2, 0.25) is 5.88 Å². The first-order chi connectivity index (χ1) is 9.72. The minimum atomic E-state index is -0.413. The topological polar surface area (TPSA) is 48.4 Å². The molecule has 0 saturated heterocycles. The second-order valence-corrected chi connectivity index (χ2v) is 4.11. The third kappa shape index (κ3) is 3.45. The Morgan fingerprint density at radius 3 is 2.55 bits per heavy atom. The van der Waals surface area contributed by atoms with E-state index in [9.17, 15) is 4.79 Å². The number of pyridine rings is 1. The van der Waals surface area contributed by atoms with E-state index in [0.29, 0.717) is 18.1 Å². The molecular weight excluding hydrogens is 254 g/mol. The number of hydrogen-bond acceptors (Lipinski definition) is 4. The van der Waals surface area contributed by atoms with Gasteiger partial charge in [0, 0.05) is 12.3 Å². The quantitative estimate of drug-likeness (QED) is 0.783. The van der Waals surface area contributed by atoms with Crippen LogP contribution in [0.4, 0.5) is 0 Å². The zero-order valence-electron chi connectivity index (χ0n) is 11.2. The molecule has 2 aromatic rings. The number of nitrogens with zero attached hydrogens (tertiary/aromatic N) is 1. The summed E-state index contributed by atoms with van der Waals surface area (Å²) in [6.45, 7) is 4.12. The molecule has 0 aliphatic carbocycles. The second kappa shape index (κ2) is 6.52. The van der Waals surface area contributed by atoms with Crippen LogP contribution in [-0.4, -0.2) is 18.1 Å². The smallest absolute Gasteiger partial charge is 0.339 e. The van der Waals surface area contributed by atoms with E-state index in [2.05, 4.69) is 16.3 Å². The largest absolute Gasteiger partial charge is 0.473 e. The van der Waals surface area contributed by atoms with Crippen molar-refractivity contribution < 1.29 is 14.3 Å². The van der Waals surface area contributed by atoms with Gasteiger partial charge in [-0.15, -0.1) is 0 Å². The molecule has 0 radical (unpaired) electrons. The molecule has 0 spiro atoms. The number of ether oxygens (including phenoxy) is 2. The Kier molecular flexibility index (Phi) is 4.50. The zero-order chi connectivity index (χ0) is 14.4. The number of hydrogen-bond donors (Lipinski definition) is 0. The van der Waals surface area contributed by atoms with Crippen LogP contribution in [0.1, 0.15) is 21.5 Å². The molecule has 0 aliphatic rings. The summed E-state index contributed by atoms with van der Waals surface area (Å²) < 4.78 is 10.1. The molecule has 0 bridgehead atoms. The Balaban J connectivity index is 1.96. The number of aromatic nitrogens is 1. The monoisotopic (exact) mass is 269 g/mol. The summed E-state index contributed by atoms with van der Waals surface area (Å²) in [6, 6.07) is 11.2. The Hall–Kier alpha value is -2.62. The van der Waals surface area contributed by atoms with Crippen LogP contribution in [0.25, 0.3) is 6.08 Å². The average Bonchev–Trinajstić information content (AvgIpc) is 2.53. The van der Waals surface area contributed by atoms with Crippen molar-refractivity contribution in [3.05, 3.63) is 65.9 Å². The van der Waals surface area contributed by atoms with Crippen LogP contribution in [0.5, 0.6) is 5.88 Å². The SMILES string of the molecule is C=Cc1ccc(COc2ccc(C(=O)OC)cn2)cc1. The van der Waals surface area contributed by atoms with Gasteiger partial charge in [-0.25, -0.2) is 9.78 Å². The maximum absolute atomic E-state index is 11.3. The van der Waals surface area contributed by atoms with Crippen molar-refractivity contribution in [3.63, 3.8) is 0 Å². The van der Waals surface area contributed by atoms with Crippen LogP contribution in [0, 0.1) is 0 Å². The Labute approximate surface area is 117 Å². The van der Waals surface area contributed by atoms with E-state index < -0.39 is 5.97 Å². The van der Waals surface area contributed by atoms with Gasteiger partial charge in [-0.05, 0) is 17.2 Å². The van der Waals surface area contributed by atoms with E-state index in [1.165, 1.54) is 13.3 Å². The van der Waals surface area contributed by atoms with Crippen LogP contribution >= 0.6 is 0 Å². The maximum Gasteiger partial charge on any atom is 0.339 e. The van der Waals surface area contributed by atoms with Crippen LogP contribution in [0.2, 0.25) is 0 Å². The van der Waals surface area contributed by atoms with Crippen molar-refractivity contribution in [1.29, 1.82) is 0 Å². The first-order valence-corrected chi connectivity index (χ1v) is 6.11. The molecule has 0 aliphatic heterocycles. The lowest BCUT2D eigenvalue weighted by Gasteiger charge is -2.06. The number of methoxy groups -OCH3 is 1. The van der Waals surface area contributed by atoms with E-state index in [-0.39, 0.29) is 0 Å². The lowest BCUT2D eigenvalue weighted by atomic mass is 10.1. The molecule has 0 atom stereocenters. The molecule has 2 rings (SSSR count). The molecule has 1 aromatic carbocycles. The fourth-order valence-electron chi connectivity index (χ4n) is 1.61. The van der Waals surface area contributed by atoms with Gasteiger partial charge in [-0.1, -0.05) is 36.9 Å². The highest BCUT2D eigenvalue weighted by molar-refractivity contribution is 5.88. The van der Waals surface area contributed by atoms with Crippen molar-refractivity contribution in [2.24, 2.45) is 0 Å². The highest BCUT2D eigenvalue weighted by atomic mass is 16.5. The summed E-state index contributed by atoms with van der Waals surface area (Å²) >= 11 is 0. The summed E-state index contributed by atoms with van der Waals surface area (Å²) in [5.41, 5.74) is 2.50. The number of benzene rings is 1. The van der Waals surface area contributed by atoms with Crippen LogP contribution in [-0.2, 0) is 11.3 Å². The minimum absolute atomic E-state index is 0.398. The number of rotatable bonds is 5. The molecule has 0 fully saturated rings. The van der Waals surface area contributed by atoms with Gasteiger partial charge in [-0.2, -0.15) is 0 Å². The average molecular weight is 269 g/mol. The van der Waals surface area contributed by atoms with Gasteiger partial charge in [0.25, 0.3) is 0 Å². The summed E-state index contributed by atoms with van der Waals surface area (Å²) in [5, 5.41) is 0. The number of esters is 1. The zero-order valence-corrected chi connectivity index (χ0v) is 11.2. The predicted molar refractivity (Wildman–Crippen MR) is 76.4 cm³/mol. The molecule has 4 nitrogen and oxygen atoms in total. The van der Waals surface area contributed by atoms with E-state index in [1.54, 1.807) is 18.2 Å².